The predicted molar refractivity (Wildman–Crippen MR) is 153 cm³/mol. The number of aliphatic hydroxyl groups is 2. The molecule has 4 rings (SSSR count). The van der Waals surface area contributed by atoms with Gasteiger partial charge in [0, 0.05) is 0 Å². The molecular weight excluding hydrogens is 446 g/mol. The fraction of sp³-hybridized carbons (Fsp3) is 0.400. The Morgan fingerprint density at radius 3 is 1.17 bits per heavy atom. The Kier molecular flexibility index (Phi) is 6.81. The highest BCUT2D eigenvalue weighted by Gasteiger charge is 2.36. The van der Waals surface area contributed by atoms with E-state index < -0.39 is 22.4 Å². The van der Waals surface area contributed by atoms with Crippen LogP contribution in [-0.4, -0.2) is 47.6 Å². The van der Waals surface area contributed by atoms with E-state index in [-0.39, 0.29) is 0 Å². The molecule has 0 aliphatic carbocycles. The number of rotatable bonds is 8. The van der Waals surface area contributed by atoms with Crippen molar-refractivity contribution in [1.82, 2.24) is 0 Å². The lowest BCUT2D eigenvalue weighted by Crippen LogP contribution is -2.49. The van der Waals surface area contributed by atoms with E-state index in [1.807, 2.05) is 39.8 Å². The standard InChI is InChI=1S/C30H36B2O4/c1-27(2,33)29(5,6)35-31-19-13-15-23-21-11-9-10-12-22(21)24-16-14-20(18-26(24)25(23)17-19)32-36-30(7,8)28(3,4)34/h9-18,33-34H,1-8H3. The quantitative estimate of drug-likeness (QED) is 0.281. The van der Waals surface area contributed by atoms with E-state index in [0.29, 0.717) is 0 Å². The summed E-state index contributed by atoms with van der Waals surface area (Å²) in [5.74, 6) is 0. The van der Waals surface area contributed by atoms with Gasteiger partial charge in [0.2, 0.25) is 0 Å². The van der Waals surface area contributed by atoms with E-state index in [0.717, 1.165) is 32.5 Å². The second-order valence-electron chi connectivity index (χ2n) is 11.8. The highest BCUT2D eigenvalue weighted by molar-refractivity contribution is 6.49. The van der Waals surface area contributed by atoms with Gasteiger partial charge in [-0.05, 0) is 87.7 Å². The molecule has 0 aromatic heterocycles. The van der Waals surface area contributed by atoms with Crippen LogP contribution in [0.2, 0.25) is 0 Å². The van der Waals surface area contributed by atoms with E-state index in [4.69, 9.17) is 9.31 Å². The maximum absolute atomic E-state index is 10.5. The summed E-state index contributed by atoms with van der Waals surface area (Å²) in [7, 11) is 3.45. The van der Waals surface area contributed by atoms with Crippen LogP contribution in [0.25, 0.3) is 32.3 Å². The van der Waals surface area contributed by atoms with Crippen molar-refractivity contribution in [2.24, 2.45) is 0 Å². The van der Waals surface area contributed by atoms with Crippen LogP contribution < -0.4 is 10.9 Å². The van der Waals surface area contributed by atoms with Gasteiger partial charge in [-0.2, -0.15) is 0 Å². The molecule has 0 aliphatic rings. The molecule has 0 saturated heterocycles. The Morgan fingerprint density at radius 1 is 0.500 bits per heavy atom. The molecule has 2 radical (unpaired) electrons. The lowest BCUT2D eigenvalue weighted by atomic mass is 9.79. The topological polar surface area (TPSA) is 58.9 Å². The zero-order chi connectivity index (χ0) is 26.5. The van der Waals surface area contributed by atoms with E-state index >= 15 is 0 Å². The van der Waals surface area contributed by atoms with Gasteiger partial charge in [-0.15, -0.1) is 0 Å². The van der Waals surface area contributed by atoms with E-state index in [9.17, 15) is 10.2 Å². The highest BCUT2D eigenvalue weighted by Crippen LogP contribution is 2.34. The van der Waals surface area contributed by atoms with Crippen LogP contribution in [0.3, 0.4) is 0 Å². The molecule has 4 aromatic rings. The van der Waals surface area contributed by atoms with Crippen molar-refractivity contribution in [2.75, 3.05) is 0 Å². The smallest absolute Gasteiger partial charge is 0.330 e. The lowest BCUT2D eigenvalue weighted by Gasteiger charge is -2.37. The molecule has 0 unspecified atom stereocenters. The van der Waals surface area contributed by atoms with Crippen LogP contribution >= 0.6 is 0 Å². The first-order chi connectivity index (χ1) is 16.6. The third kappa shape index (κ3) is 5.05. The molecule has 0 saturated carbocycles. The number of hydrogen-bond acceptors (Lipinski definition) is 4. The summed E-state index contributed by atoms with van der Waals surface area (Å²) in [6.45, 7) is 14.5. The van der Waals surface area contributed by atoms with Gasteiger partial charge in [-0.1, -0.05) is 71.6 Å². The van der Waals surface area contributed by atoms with Crippen LogP contribution in [0.5, 0.6) is 0 Å². The third-order valence-corrected chi connectivity index (χ3v) is 7.81. The molecular formula is C30H36B2O4. The van der Waals surface area contributed by atoms with Crippen LogP contribution in [0.15, 0.2) is 60.7 Å². The van der Waals surface area contributed by atoms with Crippen LogP contribution in [0, 0.1) is 0 Å². The van der Waals surface area contributed by atoms with Crippen LogP contribution in [0.1, 0.15) is 55.4 Å². The Bertz CT molecular complexity index is 1300. The summed E-state index contributed by atoms with van der Waals surface area (Å²) < 4.78 is 12.1. The van der Waals surface area contributed by atoms with Crippen LogP contribution in [0.4, 0.5) is 0 Å². The molecule has 0 amide bonds. The fourth-order valence-electron chi connectivity index (χ4n) is 3.86. The van der Waals surface area contributed by atoms with E-state index in [2.05, 4.69) is 48.5 Å². The van der Waals surface area contributed by atoms with Gasteiger partial charge in [0.1, 0.15) is 0 Å². The average molecular weight is 482 g/mol. The average Bonchev–Trinajstić information content (AvgIpc) is 2.80. The van der Waals surface area contributed by atoms with E-state index in [1.54, 1.807) is 42.7 Å². The van der Waals surface area contributed by atoms with Crippen molar-refractivity contribution in [3.05, 3.63) is 60.7 Å². The molecule has 0 atom stereocenters. The number of hydrogen-bond donors (Lipinski definition) is 2. The van der Waals surface area contributed by atoms with Gasteiger partial charge >= 0.3 is 15.0 Å². The van der Waals surface area contributed by atoms with Crippen molar-refractivity contribution in [1.29, 1.82) is 0 Å². The summed E-state index contributed by atoms with van der Waals surface area (Å²) in [6, 6.07) is 21.1. The van der Waals surface area contributed by atoms with Gasteiger partial charge in [-0.25, -0.2) is 0 Å². The Hall–Kier alpha value is -2.37. The summed E-state index contributed by atoms with van der Waals surface area (Å²) in [4.78, 5) is 0. The molecule has 2 N–H and O–H groups in total. The molecule has 6 heteroatoms. The molecule has 0 aliphatic heterocycles. The first-order valence-corrected chi connectivity index (χ1v) is 12.5. The zero-order valence-corrected chi connectivity index (χ0v) is 22.6. The minimum atomic E-state index is -0.995. The lowest BCUT2D eigenvalue weighted by molar-refractivity contribution is -0.0893. The largest absolute Gasteiger partial charge is 0.427 e. The SMILES string of the molecule is CC(C)(O)C(C)(C)O[B]c1ccc2c3ccccc3c3ccc([B]OC(C)(C)C(C)(C)O)cc3c2c1. The maximum atomic E-state index is 10.5. The van der Waals surface area contributed by atoms with Gasteiger partial charge in [0.15, 0.2) is 0 Å². The molecule has 4 aromatic carbocycles. The molecule has 0 bridgehead atoms. The molecule has 186 valence electrons. The third-order valence-electron chi connectivity index (χ3n) is 7.81. The minimum Gasteiger partial charge on any atom is -0.427 e. The zero-order valence-electron chi connectivity index (χ0n) is 22.6. The Labute approximate surface area is 216 Å². The second-order valence-corrected chi connectivity index (χ2v) is 11.8. The van der Waals surface area contributed by atoms with Gasteiger partial charge in [0.05, 0.1) is 22.4 Å². The van der Waals surface area contributed by atoms with Crippen molar-refractivity contribution >= 4 is 58.2 Å². The Morgan fingerprint density at radius 2 is 0.833 bits per heavy atom. The fourth-order valence-corrected chi connectivity index (χ4v) is 3.86. The summed E-state index contributed by atoms with van der Waals surface area (Å²) in [5.41, 5.74) is -1.65. The predicted octanol–water partition coefficient (Wildman–Crippen LogP) is 4.77. The minimum absolute atomic E-state index is 0.750. The molecule has 0 spiro atoms. The van der Waals surface area contributed by atoms with Crippen molar-refractivity contribution in [2.45, 2.75) is 77.8 Å². The van der Waals surface area contributed by atoms with Gasteiger partial charge in [0.25, 0.3) is 0 Å². The summed E-state index contributed by atoms with van der Waals surface area (Å²) in [6.07, 6.45) is 0. The second kappa shape index (κ2) is 9.18. The molecule has 36 heavy (non-hydrogen) atoms. The van der Waals surface area contributed by atoms with Crippen LogP contribution in [-0.2, 0) is 9.31 Å². The number of fused-ring (bicyclic) bond motifs is 6. The first kappa shape index (κ1) is 26.7. The maximum Gasteiger partial charge on any atom is 0.330 e. The van der Waals surface area contributed by atoms with Crippen molar-refractivity contribution in [3.8, 4) is 0 Å². The summed E-state index contributed by atoms with van der Waals surface area (Å²) in [5, 5.41) is 27.9. The van der Waals surface area contributed by atoms with E-state index in [1.165, 1.54) is 10.8 Å². The van der Waals surface area contributed by atoms with Gasteiger partial charge in [-0.3, -0.25) is 0 Å². The van der Waals surface area contributed by atoms with Crippen molar-refractivity contribution in [3.63, 3.8) is 0 Å². The summed E-state index contributed by atoms with van der Waals surface area (Å²) >= 11 is 0. The first-order valence-electron chi connectivity index (χ1n) is 12.5. The normalized spacial score (nSPS) is 13.5. The number of benzene rings is 4. The Balaban J connectivity index is 1.80. The highest BCUT2D eigenvalue weighted by atomic mass is 16.5. The van der Waals surface area contributed by atoms with Gasteiger partial charge < -0.3 is 19.5 Å². The monoisotopic (exact) mass is 482 g/mol. The molecule has 0 fully saturated rings. The van der Waals surface area contributed by atoms with Crippen molar-refractivity contribution < 1.29 is 19.5 Å². The molecule has 4 nitrogen and oxygen atoms in total. The molecule has 0 heterocycles.